The molecule has 0 spiro atoms. The maximum absolute atomic E-state index is 10.9. The Balaban J connectivity index is 2.58. The van der Waals surface area contributed by atoms with E-state index in [4.69, 9.17) is 10.8 Å². The van der Waals surface area contributed by atoms with Crippen LogP contribution in [-0.4, -0.2) is 11.1 Å². The minimum absolute atomic E-state index is 0.206. The van der Waals surface area contributed by atoms with E-state index in [0.717, 1.165) is 14.0 Å². The smallest absolute Gasteiger partial charge is 0.348 e. The Bertz CT molecular complexity index is 592. The molecule has 2 rings (SSSR count). The number of rotatable bonds is 2. The number of carboxylic acid groups (broad SMARTS) is 1. The van der Waals surface area contributed by atoms with Crippen LogP contribution in [0.15, 0.2) is 24.3 Å². The zero-order valence-corrected chi connectivity index (χ0v) is 12.0. The number of anilines is 1. The summed E-state index contributed by atoms with van der Waals surface area (Å²) in [7, 11) is 0. The van der Waals surface area contributed by atoms with Gasteiger partial charge in [-0.2, -0.15) is 0 Å². The summed E-state index contributed by atoms with van der Waals surface area (Å²) in [4.78, 5) is 12.0. The number of aryl methyl sites for hydroxylation is 1. The Kier molecular flexibility index (Phi) is 3.39. The number of nitrogen functional groups attached to an aromatic ring is 1. The highest BCUT2D eigenvalue weighted by molar-refractivity contribution is 14.1. The van der Waals surface area contributed by atoms with Crippen molar-refractivity contribution in [2.24, 2.45) is 0 Å². The lowest BCUT2D eigenvalue weighted by atomic mass is 10.1. The second-order valence-corrected chi connectivity index (χ2v) is 5.77. The Morgan fingerprint density at radius 2 is 2.18 bits per heavy atom. The van der Waals surface area contributed by atoms with Crippen molar-refractivity contribution < 1.29 is 9.90 Å². The minimum Gasteiger partial charge on any atom is -0.477 e. The first-order valence-corrected chi connectivity index (χ1v) is 6.78. The fourth-order valence-corrected chi connectivity index (χ4v) is 3.33. The van der Waals surface area contributed by atoms with Gasteiger partial charge >= 0.3 is 5.97 Å². The molecule has 2 aromatic rings. The fraction of sp³-hybridized carbons (Fsp3) is 0.0833. The molecule has 88 valence electrons. The highest BCUT2D eigenvalue weighted by Gasteiger charge is 2.15. The summed E-state index contributed by atoms with van der Waals surface area (Å²) < 4.78 is 1.13. The van der Waals surface area contributed by atoms with Gasteiger partial charge < -0.3 is 10.8 Å². The Labute approximate surface area is 116 Å². The lowest BCUT2D eigenvalue weighted by Crippen LogP contribution is -1.96. The van der Waals surface area contributed by atoms with Crippen LogP contribution < -0.4 is 5.73 Å². The predicted molar refractivity (Wildman–Crippen MR) is 78.6 cm³/mol. The van der Waals surface area contributed by atoms with E-state index in [1.165, 1.54) is 16.9 Å². The van der Waals surface area contributed by atoms with Crippen molar-refractivity contribution in [1.29, 1.82) is 0 Å². The van der Waals surface area contributed by atoms with Gasteiger partial charge in [-0.1, -0.05) is 18.2 Å². The van der Waals surface area contributed by atoms with Gasteiger partial charge in [0.2, 0.25) is 0 Å². The lowest BCUT2D eigenvalue weighted by molar-refractivity contribution is 0.0703. The zero-order chi connectivity index (χ0) is 12.6. The molecule has 5 heteroatoms. The number of aromatic carboxylic acids is 1. The van der Waals surface area contributed by atoms with Gasteiger partial charge in [0.05, 0.1) is 5.69 Å². The molecule has 0 aliphatic carbocycles. The van der Waals surface area contributed by atoms with Gasteiger partial charge in [0, 0.05) is 14.0 Å². The van der Waals surface area contributed by atoms with Crippen molar-refractivity contribution in [1.82, 2.24) is 0 Å². The number of benzene rings is 1. The molecule has 1 heterocycles. The SMILES string of the molecule is Cc1cccc(-c2cc(N)c(C(=O)O)s2)c1I. The highest BCUT2D eigenvalue weighted by Crippen LogP contribution is 2.36. The van der Waals surface area contributed by atoms with Crippen LogP contribution in [0.1, 0.15) is 15.2 Å². The van der Waals surface area contributed by atoms with Crippen LogP contribution in [0.5, 0.6) is 0 Å². The summed E-state index contributed by atoms with van der Waals surface area (Å²) in [6.45, 7) is 2.03. The quantitative estimate of drug-likeness (QED) is 0.806. The second-order valence-electron chi connectivity index (χ2n) is 3.64. The van der Waals surface area contributed by atoms with Crippen molar-refractivity contribution in [3.05, 3.63) is 38.3 Å². The van der Waals surface area contributed by atoms with Gasteiger partial charge in [0.1, 0.15) is 4.88 Å². The number of hydrogen-bond donors (Lipinski definition) is 2. The van der Waals surface area contributed by atoms with Crippen LogP contribution in [0.4, 0.5) is 5.69 Å². The molecule has 0 bridgehead atoms. The molecule has 1 aromatic carbocycles. The fourth-order valence-electron chi connectivity index (χ4n) is 1.54. The summed E-state index contributed by atoms with van der Waals surface area (Å²) in [5.41, 5.74) is 8.23. The average Bonchev–Trinajstić information content (AvgIpc) is 2.64. The molecule has 17 heavy (non-hydrogen) atoms. The number of thiophene rings is 1. The first-order valence-electron chi connectivity index (χ1n) is 4.89. The highest BCUT2D eigenvalue weighted by atomic mass is 127. The second kappa shape index (κ2) is 4.66. The molecule has 0 unspecified atom stereocenters. The topological polar surface area (TPSA) is 63.3 Å². The molecule has 3 nitrogen and oxygen atoms in total. The van der Waals surface area contributed by atoms with Crippen molar-refractivity contribution in [2.75, 3.05) is 5.73 Å². The van der Waals surface area contributed by atoms with E-state index in [1.54, 1.807) is 6.07 Å². The van der Waals surface area contributed by atoms with Gasteiger partial charge in [-0.05, 0) is 41.1 Å². The van der Waals surface area contributed by atoms with Gasteiger partial charge in [0.25, 0.3) is 0 Å². The number of halogens is 1. The molecular formula is C12H10INO2S. The molecule has 0 amide bonds. The van der Waals surface area contributed by atoms with E-state index in [2.05, 4.69) is 22.6 Å². The van der Waals surface area contributed by atoms with Crippen LogP contribution in [-0.2, 0) is 0 Å². The van der Waals surface area contributed by atoms with E-state index < -0.39 is 5.97 Å². The van der Waals surface area contributed by atoms with Crippen molar-refractivity contribution >= 4 is 45.6 Å². The molecule has 0 atom stereocenters. The molecule has 1 aromatic heterocycles. The monoisotopic (exact) mass is 359 g/mol. The summed E-state index contributed by atoms with van der Waals surface area (Å²) in [6.07, 6.45) is 0. The molecule has 0 saturated heterocycles. The van der Waals surface area contributed by atoms with Gasteiger partial charge in [-0.15, -0.1) is 11.3 Å². The Hall–Kier alpha value is -1.08. The molecule has 0 aliphatic rings. The summed E-state index contributed by atoms with van der Waals surface area (Å²) in [6, 6.07) is 7.69. The van der Waals surface area contributed by atoms with Crippen molar-refractivity contribution in [3.63, 3.8) is 0 Å². The molecule has 3 N–H and O–H groups in total. The van der Waals surface area contributed by atoms with Gasteiger partial charge in [-0.3, -0.25) is 0 Å². The number of carboxylic acids is 1. The Morgan fingerprint density at radius 3 is 2.76 bits per heavy atom. The number of carbonyl (C=O) groups is 1. The van der Waals surface area contributed by atoms with Gasteiger partial charge in [0.15, 0.2) is 0 Å². The minimum atomic E-state index is -0.971. The van der Waals surface area contributed by atoms with E-state index in [9.17, 15) is 4.79 Å². The van der Waals surface area contributed by atoms with E-state index in [0.29, 0.717) is 5.69 Å². The van der Waals surface area contributed by atoms with Crippen LogP contribution >= 0.6 is 33.9 Å². The average molecular weight is 359 g/mol. The predicted octanol–water partition coefficient (Wildman–Crippen LogP) is 3.61. The van der Waals surface area contributed by atoms with Crippen LogP contribution in [0.2, 0.25) is 0 Å². The molecule has 0 fully saturated rings. The molecule has 0 aliphatic heterocycles. The van der Waals surface area contributed by atoms with E-state index in [-0.39, 0.29) is 4.88 Å². The summed E-state index contributed by atoms with van der Waals surface area (Å²) in [5, 5.41) is 8.98. The van der Waals surface area contributed by atoms with E-state index >= 15 is 0 Å². The summed E-state index contributed by atoms with van der Waals surface area (Å²) >= 11 is 3.48. The van der Waals surface area contributed by atoms with Crippen LogP contribution in [0.3, 0.4) is 0 Å². The van der Waals surface area contributed by atoms with E-state index in [1.807, 2.05) is 25.1 Å². The first-order chi connectivity index (χ1) is 8.00. The van der Waals surface area contributed by atoms with Crippen molar-refractivity contribution in [3.8, 4) is 10.4 Å². The molecule has 0 saturated carbocycles. The third kappa shape index (κ3) is 2.30. The Morgan fingerprint density at radius 1 is 1.47 bits per heavy atom. The maximum atomic E-state index is 10.9. The lowest BCUT2D eigenvalue weighted by Gasteiger charge is -2.04. The zero-order valence-electron chi connectivity index (χ0n) is 9.03. The normalized spacial score (nSPS) is 10.5. The number of nitrogens with two attached hydrogens (primary N) is 1. The third-order valence-corrected chi connectivity index (χ3v) is 5.02. The maximum Gasteiger partial charge on any atom is 0.348 e. The van der Waals surface area contributed by atoms with Gasteiger partial charge in [-0.25, -0.2) is 4.79 Å². The van der Waals surface area contributed by atoms with Crippen LogP contribution in [0.25, 0.3) is 10.4 Å². The standard InChI is InChI=1S/C12H10INO2S/c1-6-3-2-4-7(10(6)13)9-5-8(14)11(17-9)12(15)16/h2-5H,14H2,1H3,(H,15,16). The first kappa shape index (κ1) is 12.4. The molecule has 0 radical (unpaired) electrons. The molecular weight excluding hydrogens is 349 g/mol. The van der Waals surface area contributed by atoms with Crippen LogP contribution in [0, 0.1) is 10.5 Å². The third-order valence-electron chi connectivity index (χ3n) is 2.41. The number of hydrogen-bond acceptors (Lipinski definition) is 3. The largest absolute Gasteiger partial charge is 0.477 e. The van der Waals surface area contributed by atoms with Crippen molar-refractivity contribution in [2.45, 2.75) is 6.92 Å². The summed E-state index contributed by atoms with van der Waals surface area (Å²) in [5.74, 6) is -0.971.